The fourth-order valence-electron chi connectivity index (χ4n) is 1.93. The van der Waals surface area contributed by atoms with E-state index in [1.165, 1.54) is 17.3 Å². The number of aromatic nitrogens is 1. The Morgan fingerprint density at radius 1 is 1.38 bits per heavy atom. The molecule has 0 saturated carbocycles. The molecule has 1 N–H and O–H groups in total. The van der Waals surface area contributed by atoms with Crippen molar-refractivity contribution in [3.05, 3.63) is 65.8 Å². The molecule has 1 aromatic carbocycles. The van der Waals surface area contributed by atoms with Crippen LogP contribution in [-0.4, -0.2) is 34.5 Å². The predicted octanol–water partition coefficient (Wildman–Crippen LogP) is 2.29. The van der Waals surface area contributed by atoms with Gasteiger partial charge in [0.05, 0.1) is 30.3 Å². The number of carbonyl (C=O) groups is 1. The second kappa shape index (κ2) is 8.26. The standard InChI is InChI=1S/C17H19N3O3S/c1-13-4-6-16(7-5-13)24(22)20-9-8-14(12-20)17(21)19-11-15(23-3)10-18-2/h4-10,12H,2,11H2,1,3H3,(H,19,21)/b15-10-. The summed E-state index contributed by atoms with van der Waals surface area (Å²) in [4.78, 5) is 16.4. The van der Waals surface area contributed by atoms with Crippen molar-refractivity contribution in [1.82, 2.24) is 9.29 Å². The number of benzene rings is 1. The van der Waals surface area contributed by atoms with Gasteiger partial charge in [0.1, 0.15) is 5.76 Å². The maximum absolute atomic E-state index is 12.5. The Hall–Kier alpha value is -2.67. The predicted molar refractivity (Wildman–Crippen MR) is 94.4 cm³/mol. The van der Waals surface area contributed by atoms with Crippen LogP contribution in [0.3, 0.4) is 0 Å². The van der Waals surface area contributed by atoms with E-state index in [0.717, 1.165) is 5.56 Å². The minimum Gasteiger partial charge on any atom is -0.498 e. The highest BCUT2D eigenvalue weighted by Crippen LogP contribution is 2.12. The van der Waals surface area contributed by atoms with Crippen LogP contribution in [0, 0.1) is 6.92 Å². The summed E-state index contributed by atoms with van der Waals surface area (Å²) in [5.41, 5.74) is 1.51. The maximum Gasteiger partial charge on any atom is 0.253 e. The van der Waals surface area contributed by atoms with Gasteiger partial charge in [-0.3, -0.25) is 13.8 Å². The minimum absolute atomic E-state index is 0.195. The molecule has 2 rings (SSSR count). The van der Waals surface area contributed by atoms with Crippen molar-refractivity contribution in [1.29, 1.82) is 0 Å². The van der Waals surface area contributed by atoms with Crippen molar-refractivity contribution in [3.63, 3.8) is 0 Å². The van der Waals surface area contributed by atoms with Crippen LogP contribution in [0.2, 0.25) is 0 Å². The average molecular weight is 345 g/mol. The molecule has 0 radical (unpaired) electrons. The van der Waals surface area contributed by atoms with E-state index in [9.17, 15) is 9.00 Å². The van der Waals surface area contributed by atoms with Crippen molar-refractivity contribution in [2.24, 2.45) is 4.99 Å². The van der Waals surface area contributed by atoms with Gasteiger partial charge >= 0.3 is 0 Å². The Balaban J connectivity index is 2.05. The Kier molecular flexibility index (Phi) is 6.08. The number of rotatable bonds is 7. The molecule has 6 nitrogen and oxygen atoms in total. The highest BCUT2D eigenvalue weighted by molar-refractivity contribution is 7.83. The highest BCUT2D eigenvalue weighted by atomic mass is 32.2. The van der Waals surface area contributed by atoms with E-state index in [-0.39, 0.29) is 12.5 Å². The SMILES string of the molecule is C=N/C=C(/CNC(=O)c1ccn(S(=O)c2ccc(C)cc2)c1)OC. The van der Waals surface area contributed by atoms with E-state index in [0.29, 0.717) is 16.2 Å². The Labute approximate surface area is 143 Å². The number of ether oxygens (including phenoxy) is 1. The number of hydrogen-bond acceptors (Lipinski definition) is 4. The van der Waals surface area contributed by atoms with Crippen LogP contribution in [0.5, 0.6) is 0 Å². The van der Waals surface area contributed by atoms with Gasteiger partial charge in [-0.05, 0) is 31.8 Å². The van der Waals surface area contributed by atoms with E-state index < -0.39 is 11.0 Å². The van der Waals surface area contributed by atoms with Crippen molar-refractivity contribution >= 4 is 23.6 Å². The summed E-state index contributed by atoms with van der Waals surface area (Å²) < 4.78 is 19.0. The van der Waals surface area contributed by atoms with E-state index in [2.05, 4.69) is 17.0 Å². The lowest BCUT2D eigenvalue weighted by molar-refractivity contribution is 0.0950. The number of carbonyl (C=O) groups excluding carboxylic acids is 1. The van der Waals surface area contributed by atoms with E-state index >= 15 is 0 Å². The fourth-order valence-corrected chi connectivity index (χ4v) is 2.93. The zero-order valence-electron chi connectivity index (χ0n) is 13.6. The largest absolute Gasteiger partial charge is 0.498 e. The van der Waals surface area contributed by atoms with Crippen molar-refractivity contribution in [2.75, 3.05) is 13.7 Å². The summed E-state index contributed by atoms with van der Waals surface area (Å²) in [6.07, 6.45) is 4.59. The number of nitrogens with one attached hydrogen (secondary N) is 1. The quantitative estimate of drug-likeness (QED) is 0.618. The molecule has 0 saturated heterocycles. The lowest BCUT2D eigenvalue weighted by Crippen LogP contribution is -2.25. The van der Waals surface area contributed by atoms with Crippen LogP contribution in [0.25, 0.3) is 0 Å². The molecule has 0 aliphatic heterocycles. The van der Waals surface area contributed by atoms with Crippen LogP contribution in [0.4, 0.5) is 0 Å². The first-order valence-electron chi connectivity index (χ1n) is 7.19. The van der Waals surface area contributed by atoms with Gasteiger partial charge in [0, 0.05) is 12.4 Å². The Morgan fingerprint density at radius 2 is 2.08 bits per heavy atom. The maximum atomic E-state index is 12.5. The third-order valence-corrected chi connectivity index (χ3v) is 4.55. The van der Waals surface area contributed by atoms with Crippen LogP contribution in [-0.2, 0) is 15.7 Å². The fraction of sp³-hybridized carbons (Fsp3) is 0.176. The molecule has 0 aliphatic rings. The van der Waals surface area contributed by atoms with Crippen molar-refractivity contribution < 1.29 is 13.7 Å². The van der Waals surface area contributed by atoms with Gasteiger partial charge in [0.2, 0.25) is 0 Å². The lowest BCUT2D eigenvalue weighted by Gasteiger charge is -2.06. The molecule has 7 heteroatoms. The first kappa shape index (κ1) is 17.7. The van der Waals surface area contributed by atoms with Crippen molar-refractivity contribution in [3.8, 4) is 0 Å². The molecule has 1 amide bonds. The molecule has 126 valence electrons. The summed E-state index contributed by atoms with van der Waals surface area (Å²) in [6, 6.07) is 9.03. The first-order chi connectivity index (χ1) is 11.5. The average Bonchev–Trinajstić information content (AvgIpc) is 3.08. The number of aliphatic imine (C=N–C) groups is 1. The van der Waals surface area contributed by atoms with Crippen LogP contribution in [0.15, 0.2) is 64.6 Å². The van der Waals surface area contributed by atoms with Gasteiger partial charge in [-0.2, -0.15) is 0 Å². The Bertz CT molecular complexity index is 779. The van der Waals surface area contributed by atoms with E-state index in [1.54, 1.807) is 18.5 Å². The molecular formula is C17H19N3O3S. The van der Waals surface area contributed by atoms with Crippen molar-refractivity contribution in [2.45, 2.75) is 11.8 Å². The Morgan fingerprint density at radius 3 is 2.71 bits per heavy atom. The van der Waals surface area contributed by atoms with Gasteiger partial charge in [-0.15, -0.1) is 0 Å². The molecule has 0 spiro atoms. The second-order valence-corrected chi connectivity index (χ2v) is 6.38. The van der Waals surface area contributed by atoms with E-state index in [4.69, 9.17) is 4.74 Å². The summed E-state index contributed by atoms with van der Waals surface area (Å²) in [5.74, 6) is 0.197. The molecule has 1 unspecified atom stereocenters. The summed E-state index contributed by atoms with van der Waals surface area (Å²) in [5, 5.41) is 2.70. The number of hydrogen-bond donors (Lipinski definition) is 1. The molecule has 0 fully saturated rings. The number of methoxy groups -OCH3 is 1. The molecule has 1 aromatic heterocycles. The third-order valence-electron chi connectivity index (χ3n) is 3.26. The molecule has 24 heavy (non-hydrogen) atoms. The third kappa shape index (κ3) is 4.42. The van der Waals surface area contributed by atoms with E-state index in [1.807, 2.05) is 31.2 Å². The molecule has 0 bridgehead atoms. The topological polar surface area (TPSA) is 72.7 Å². The monoisotopic (exact) mass is 345 g/mol. The van der Waals surface area contributed by atoms with Crippen LogP contribution >= 0.6 is 0 Å². The lowest BCUT2D eigenvalue weighted by atomic mass is 10.2. The highest BCUT2D eigenvalue weighted by Gasteiger charge is 2.12. The smallest absolute Gasteiger partial charge is 0.253 e. The van der Waals surface area contributed by atoms with Gasteiger partial charge in [-0.1, -0.05) is 17.7 Å². The van der Waals surface area contributed by atoms with Gasteiger partial charge in [0.15, 0.2) is 11.0 Å². The first-order valence-corrected chi connectivity index (χ1v) is 8.30. The zero-order valence-corrected chi connectivity index (χ0v) is 14.4. The zero-order chi connectivity index (χ0) is 17.5. The van der Waals surface area contributed by atoms with Gasteiger partial charge in [0.25, 0.3) is 5.91 Å². The van der Waals surface area contributed by atoms with Gasteiger partial charge < -0.3 is 10.1 Å². The molecule has 1 heterocycles. The normalized spacial score (nSPS) is 12.5. The van der Waals surface area contributed by atoms with Crippen LogP contribution < -0.4 is 5.32 Å². The number of aryl methyl sites for hydroxylation is 1. The molecular weight excluding hydrogens is 326 g/mol. The second-order valence-electron chi connectivity index (χ2n) is 4.99. The summed E-state index contributed by atoms with van der Waals surface area (Å²) in [7, 11) is 0.0996. The minimum atomic E-state index is -1.39. The molecule has 1 atom stereocenters. The molecule has 0 aliphatic carbocycles. The molecule has 2 aromatic rings. The van der Waals surface area contributed by atoms with Gasteiger partial charge in [-0.25, -0.2) is 4.21 Å². The number of nitrogens with zero attached hydrogens (tertiary/aromatic N) is 2. The summed E-state index contributed by atoms with van der Waals surface area (Å²) in [6.45, 7) is 5.50. The van der Waals surface area contributed by atoms with Crippen LogP contribution in [0.1, 0.15) is 15.9 Å². The summed E-state index contributed by atoms with van der Waals surface area (Å²) >= 11 is 0. The number of amides is 1.